The number of carbonyl (C=O) groups excluding carboxylic acids is 2. The van der Waals surface area contributed by atoms with E-state index < -0.39 is 0 Å². The van der Waals surface area contributed by atoms with Gasteiger partial charge in [0.1, 0.15) is 12.4 Å². The Morgan fingerprint density at radius 2 is 1.97 bits per heavy atom. The monoisotopic (exact) mass is 417 g/mol. The molecule has 0 atom stereocenters. The number of fused-ring (bicyclic) bond motifs is 2. The third kappa shape index (κ3) is 3.72. The number of amides is 2. The summed E-state index contributed by atoms with van der Waals surface area (Å²) in [6.07, 6.45) is 2.82. The smallest absolute Gasteiger partial charge is 0.260 e. The largest absolute Gasteiger partial charge is 0.487 e. The number of piperidine rings is 1. The number of ether oxygens (including phenoxy) is 1. The SMILES string of the molecule is CNC(=O)C1CCN(CCc2ccc3c(c2)CO/C3=C2/C(=O)Nc3ccccc32)CC1. The van der Waals surface area contributed by atoms with Gasteiger partial charge in [-0.05, 0) is 44.0 Å². The van der Waals surface area contributed by atoms with Crippen LogP contribution in [0.4, 0.5) is 5.69 Å². The molecule has 0 aromatic heterocycles. The molecular formula is C25H27N3O3. The Balaban J connectivity index is 1.28. The molecule has 3 aliphatic rings. The van der Waals surface area contributed by atoms with Crippen LogP contribution in [0.3, 0.4) is 0 Å². The van der Waals surface area contributed by atoms with Crippen molar-refractivity contribution in [2.45, 2.75) is 25.9 Å². The minimum atomic E-state index is -0.103. The van der Waals surface area contributed by atoms with Gasteiger partial charge in [-0.1, -0.05) is 36.4 Å². The van der Waals surface area contributed by atoms with Gasteiger partial charge in [-0.3, -0.25) is 9.59 Å². The van der Waals surface area contributed by atoms with E-state index in [1.807, 2.05) is 24.3 Å². The van der Waals surface area contributed by atoms with Crippen LogP contribution in [0.1, 0.15) is 35.1 Å². The van der Waals surface area contributed by atoms with E-state index in [1.165, 1.54) is 5.56 Å². The Morgan fingerprint density at radius 1 is 1.16 bits per heavy atom. The molecule has 5 rings (SSSR count). The molecule has 0 bridgehead atoms. The molecule has 0 unspecified atom stereocenters. The summed E-state index contributed by atoms with van der Waals surface area (Å²) >= 11 is 0. The summed E-state index contributed by atoms with van der Waals surface area (Å²) in [5.74, 6) is 0.901. The molecule has 160 valence electrons. The molecule has 0 radical (unpaired) electrons. The maximum absolute atomic E-state index is 12.6. The lowest BCUT2D eigenvalue weighted by Gasteiger charge is -2.31. The van der Waals surface area contributed by atoms with E-state index in [2.05, 4.69) is 33.7 Å². The van der Waals surface area contributed by atoms with Gasteiger partial charge in [-0.25, -0.2) is 0 Å². The van der Waals surface area contributed by atoms with Crippen molar-refractivity contribution in [3.05, 3.63) is 64.7 Å². The molecule has 2 aromatic rings. The summed E-state index contributed by atoms with van der Waals surface area (Å²) in [7, 11) is 1.71. The van der Waals surface area contributed by atoms with Crippen molar-refractivity contribution in [3.63, 3.8) is 0 Å². The van der Waals surface area contributed by atoms with Gasteiger partial charge >= 0.3 is 0 Å². The van der Waals surface area contributed by atoms with E-state index in [0.717, 1.165) is 61.3 Å². The molecule has 3 heterocycles. The molecule has 6 heteroatoms. The topological polar surface area (TPSA) is 70.7 Å². The zero-order valence-corrected chi connectivity index (χ0v) is 17.7. The van der Waals surface area contributed by atoms with Crippen molar-refractivity contribution in [2.24, 2.45) is 5.92 Å². The van der Waals surface area contributed by atoms with E-state index in [1.54, 1.807) is 7.05 Å². The van der Waals surface area contributed by atoms with E-state index in [4.69, 9.17) is 4.74 Å². The highest BCUT2D eigenvalue weighted by Gasteiger charge is 2.32. The van der Waals surface area contributed by atoms with Crippen molar-refractivity contribution in [1.29, 1.82) is 0 Å². The van der Waals surface area contributed by atoms with Crippen LogP contribution >= 0.6 is 0 Å². The van der Waals surface area contributed by atoms with Crippen LogP contribution in [0.5, 0.6) is 0 Å². The average molecular weight is 418 g/mol. The average Bonchev–Trinajstić information content (AvgIpc) is 3.36. The van der Waals surface area contributed by atoms with Gasteiger partial charge in [0.25, 0.3) is 5.91 Å². The lowest BCUT2D eigenvalue weighted by molar-refractivity contribution is -0.125. The standard InChI is InChI=1S/C25H27N3O3/c1-26-24(29)17-9-12-28(13-10-17)11-8-16-6-7-19-18(14-16)15-31-23(19)22-20-4-2-3-5-21(20)27-25(22)30/h2-7,14,17H,8-13,15H2,1H3,(H,26,29)(H,27,30)/b23-22+. The van der Waals surface area contributed by atoms with Crippen molar-refractivity contribution in [3.8, 4) is 0 Å². The highest BCUT2D eigenvalue weighted by Crippen LogP contribution is 2.41. The molecule has 0 aliphatic carbocycles. The number of nitrogens with zero attached hydrogens (tertiary/aromatic N) is 1. The summed E-state index contributed by atoms with van der Waals surface area (Å²) < 4.78 is 6.00. The van der Waals surface area contributed by atoms with Crippen LogP contribution in [0.25, 0.3) is 11.3 Å². The quantitative estimate of drug-likeness (QED) is 0.751. The van der Waals surface area contributed by atoms with Gasteiger partial charge in [0.05, 0.1) is 5.57 Å². The second-order valence-corrected chi connectivity index (χ2v) is 8.46. The zero-order valence-electron chi connectivity index (χ0n) is 17.7. The number of benzene rings is 2. The molecule has 1 saturated heterocycles. The van der Waals surface area contributed by atoms with E-state index >= 15 is 0 Å². The third-order valence-corrected chi connectivity index (χ3v) is 6.61. The number of hydrogen-bond donors (Lipinski definition) is 2. The molecule has 3 aliphatic heterocycles. The summed E-state index contributed by atoms with van der Waals surface area (Å²) in [6, 6.07) is 14.2. The maximum Gasteiger partial charge on any atom is 0.260 e. The number of carbonyl (C=O) groups is 2. The van der Waals surface area contributed by atoms with Crippen LogP contribution in [0.2, 0.25) is 0 Å². The summed E-state index contributed by atoms with van der Waals surface area (Å²) in [5.41, 5.74) is 5.79. The molecule has 31 heavy (non-hydrogen) atoms. The Morgan fingerprint density at radius 3 is 2.77 bits per heavy atom. The molecule has 1 fully saturated rings. The summed E-state index contributed by atoms with van der Waals surface area (Å²) in [4.78, 5) is 26.8. The number of likely N-dealkylation sites (tertiary alicyclic amines) is 1. The number of hydrogen-bond acceptors (Lipinski definition) is 4. The number of para-hydroxylation sites is 1. The Hall–Kier alpha value is -3.12. The van der Waals surface area contributed by atoms with E-state index in [-0.39, 0.29) is 17.7 Å². The Bertz CT molecular complexity index is 1070. The van der Waals surface area contributed by atoms with Crippen molar-refractivity contribution in [1.82, 2.24) is 10.2 Å². The number of nitrogens with one attached hydrogen (secondary N) is 2. The Labute approximate surface area is 182 Å². The van der Waals surface area contributed by atoms with Gasteiger partial charge in [-0.2, -0.15) is 0 Å². The number of anilines is 1. The number of rotatable bonds is 4. The van der Waals surface area contributed by atoms with Gasteiger partial charge in [-0.15, -0.1) is 0 Å². The van der Waals surface area contributed by atoms with Gasteiger partial charge in [0.15, 0.2) is 0 Å². The minimum Gasteiger partial charge on any atom is -0.487 e. The van der Waals surface area contributed by atoms with Gasteiger partial charge < -0.3 is 20.3 Å². The fourth-order valence-electron chi connectivity index (χ4n) is 4.83. The molecule has 2 N–H and O–H groups in total. The Kier molecular flexibility index (Phi) is 5.24. The molecule has 0 spiro atoms. The third-order valence-electron chi connectivity index (χ3n) is 6.61. The highest BCUT2D eigenvalue weighted by molar-refractivity contribution is 6.36. The lowest BCUT2D eigenvalue weighted by atomic mass is 9.95. The van der Waals surface area contributed by atoms with Gasteiger partial charge in [0, 0.05) is 41.9 Å². The van der Waals surface area contributed by atoms with Crippen molar-refractivity contribution >= 4 is 28.8 Å². The molecule has 6 nitrogen and oxygen atoms in total. The summed E-state index contributed by atoms with van der Waals surface area (Å²) in [6.45, 7) is 3.42. The fraction of sp³-hybridized carbons (Fsp3) is 0.360. The minimum absolute atomic E-state index is 0.103. The molecule has 2 aromatic carbocycles. The lowest BCUT2D eigenvalue weighted by Crippen LogP contribution is -2.40. The molecular weight excluding hydrogens is 390 g/mol. The van der Waals surface area contributed by atoms with Gasteiger partial charge in [0.2, 0.25) is 5.91 Å². The zero-order chi connectivity index (χ0) is 21.4. The van der Waals surface area contributed by atoms with Crippen LogP contribution in [0.15, 0.2) is 42.5 Å². The molecule has 0 saturated carbocycles. The first-order valence-electron chi connectivity index (χ1n) is 11.0. The van der Waals surface area contributed by atoms with E-state index in [0.29, 0.717) is 17.9 Å². The van der Waals surface area contributed by atoms with Crippen LogP contribution in [-0.4, -0.2) is 43.4 Å². The summed E-state index contributed by atoms with van der Waals surface area (Å²) in [5, 5.41) is 5.69. The normalized spacial score (nSPS) is 20.7. The van der Waals surface area contributed by atoms with Crippen molar-refractivity contribution in [2.75, 3.05) is 32.0 Å². The van der Waals surface area contributed by atoms with Crippen LogP contribution in [0, 0.1) is 5.92 Å². The fourth-order valence-corrected chi connectivity index (χ4v) is 4.83. The van der Waals surface area contributed by atoms with Crippen LogP contribution < -0.4 is 10.6 Å². The second-order valence-electron chi connectivity index (χ2n) is 8.46. The van der Waals surface area contributed by atoms with Crippen molar-refractivity contribution < 1.29 is 14.3 Å². The second kappa shape index (κ2) is 8.19. The molecule has 2 amide bonds. The predicted octanol–water partition coefficient (Wildman–Crippen LogP) is 3.04. The highest BCUT2D eigenvalue weighted by atomic mass is 16.5. The van der Waals surface area contributed by atoms with E-state index in [9.17, 15) is 9.59 Å². The maximum atomic E-state index is 12.6. The predicted molar refractivity (Wildman–Crippen MR) is 120 cm³/mol. The first kappa shape index (κ1) is 19.8. The first-order chi connectivity index (χ1) is 15.1. The first-order valence-corrected chi connectivity index (χ1v) is 11.0. The van der Waals surface area contributed by atoms with Crippen LogP contribution in [-0.2, 0) is 27.4 Å².